The fourth-order valence-corrected chi connectivity index (χ4v) is 2.91. The van der Waals surface area contributed by atoms with Gasteiger partial charge in [-0.05, 0) is 12.5 Å². The van der Waals surface area contributed by atoms with E-state index in [1.165, 1.54) is 16.7 Å². The van der Waals surface area contributed by atoms with Gasteiger partial charge in [0.1, 0.15) is 17.1 Å². The summed E-state index contributed by atoms with van der Waals surface area (Å²) in [6, 6.07) is -0.539. The number of carboxylic acids is 1. The molecule has 1 saturated heterocycles. The molecule has 0 aliphatic carbocycles. The largest absolute Gasteiger partial charge is 0.477 e. The molecule has 0 aromatic carbocycles. The molecule has 0 saturated carbocycles. The van der Waals surface area contributed by atoms with Crippen molar-refractivity contribution in [1.29, 1.82) is 0 Å². The summed E-state index contributed by atoms with van der Waals surface area (Å²) in [4.78, 5) is 23.5. The zero-order valence-electron chi connectivity index (χ0n) is 7.97. The SMILES string of the molecule is CC1=C(C(=O)O)N2C(=O)C(N)[C@H]2SC1.Cl. The van der Waals surface area contributed by atoms with Gasteiger partial charge in [0.2, 0.25) is 5.91 Å². The lowest BCUT2D eigenvalue weighted by atomic mass is 10.0. The Bertz CT molecular complexity index is 358. The Morgan fingerprint density at radius 3 is 2.80 bits per heavy atom. The molecule has 2 heterocycles. The number of aliphatic carboxylic acids is 1. The van der Waals surface area contributed by atoms with Crippen molar-refractivity contribution in [1.82, 2.24) is 4.90 Å². The first kappa shape index (κ1) is 12.4. The average molecular weight is 251 g/mol. The second-order valence-electron chi connectivity index (χ2n) is 3.37. The molecular weight excluding hydrogens is 240 g/mol. The molecule has 7 heteroatoms. The molecule has 15 heavy (non-hydrogen) atoms. The molecule has 5 nitrogen and oxygen atoms in total. The summed E-state index contributed by atoms with van der Waals surface area (Å²) in [5, 5.41) is 8.75. The number of carbonyl (C=O) groups excluding carboxylic acids is 1. The molecule has 2 aliphatic rings. The molecular formula is C8H11ClN2O3S. The first-order chi connectivity index (χ1) is 6.54. The number of carboxylic acid groups (broad SMARTS) is 1. The molecule has 84 valence electrons. The van der Waals surface area contributed by atoms with Crippen molar-refractivity contribution < 1.29 is 14.7 Å². The Balaban J connectivity index is 0.00000112. The summed E-state index contributed by atoms with van der Waals surface area (Å²) in [5.41, 5.74) is 6.39. The highest BCUT2D eigenvalue weighted by Gasteiger charge is 2.51. The lowest BCUT2D eigenvalue weighted by Crippen LogP contribution is -2.68. The van der Waals surface area contributed by atoms with Crippen molar-refractivity contribution in [2.45, 2.75) is 18.3 Å². The smallest absolute Gasteiger partial charge is 0.352 e. The van der Waals surface area contributed by atoms with Crippen molar-refractivity contribution in [2.75, 3.05) is 5.75 Å². The molecule has 1 amide bonds. The first-order valence-corrected chi connectivity index (χ1v) is 5.22. The number of β-lactam (4-membered cyclic amide) rings is 1. The molecule has 0 aromatic heterocycles. The van der Waals surface area contributed by atoms with E-state index in [0.717, 1.165) is 5.57 Å². The fraction of sp³-hybridized carbons (Fsp3) is 0.500. The van der Waals surface area contributed by atoms with Crippen LogP contribution in [0.15, 0.2) is 11.3 Å². The Hall–Kier alpha value is -0.720. The van der Waals surface area contributed by atoms with Crippen LogP contribution in [0.3, 0.4) is 0 Å². The number of carbonyl (C=O) groups is 2. The van der Waals surface area contributed by atoms with Crippen LogP contribution in [0.1, 0.15) is 6.92 Å². The number of thioether (sulfide) groups is 1. The van der Waals surface area contributed by atoms with Gasteiger partial charge < -0.3 is 10.8 Å². The van der Waals surface area contributed by atoms with E-state index >= 15 is 0 Å². The fourth-order valence-electron chi connectivity index (χ4n) is 1.67. The van der Waals surface area contributed by atoms with Crippen molar-refractivity contribution in [3.05, 3.63) is 11.3 Å². The maximum absolute atomic E-state index is 11.3. The van der Waals surface area contributed by atoms with Crippen LogP contribution in [0.25, 0.3) is 0 Å². The van der Waals surface area contributed by atoms with Gasteiger partial charge >= 0.3 is 5.97 Å². The molecule has 2 atom stereocenters. The maximum atomic E-state index is 11.3. The number of amides is 1. The van der Waals surface area contributed by atoms with Crippen LogP contribution in [-0.2, 0) is 9.59 Å². The third kappa shape index (κ3) is 1.62. The third-order valence-corrected chi connectivity index (χ3v) is 3.85. The molecule has 2 aliphatic heterocycles. The number of hydrogen-bond acceptors (Lipinski definition) is 4. The van der Waals surface area contributed by atoms with Gasteiger partial charge in [-0.25, -0.2) is 4.79 Å². The van der Waals surface area contributed by atoms with Crippen LogP contribution in [-0.4, -0.2) is 39.1 Å². The number of nitrogens with two attached hydrogens (primary N) is 1. The van der Waals surface area contributed by atoms with Gasteiger partial charge in [-0.15, -0.1) is 24.2 Å². The summed E-state index contributed by atoms with van der Waals surface area (Å²) in [6.45, 7) is 1.73. The second kappa shape index (κ2) is 4.03. The lowest BCUT2D eigenvalue weighted by molar-refractivity contribution is -0.147. The van der Waals surface area contributed by atoms with Crippen molar-refractivity contribution in [3.8, 4) is 0 Å². The summed E-state index contributed by atoms with van der Waals surface area (Å²) in [7, 11) is 0. The van der Waals surface area contributed by atoms with E-state index in [0.29, 0.717) is 5.75 Å². The number of nitrogens with zero attached hydrogens (tertiary/aromatic N) is 1. The normalized spacial score (nSPS) is 29.2. The van der Waals surface area contributed by atoms with Gasteiger partial charge in [0.25, 0.3) is 0 Å². The zero-order valence-corrected chi connectivity index (χ0v) is 9.60. The van der Waals surface area contributed by atoms with Gasteiger partial charge in [-0.2, -0.15) is 0 Å². The van der Waals surface area contributed by atoms with Crippen molar-refractivity contribution in [2.24, 2.45) is 5.73 Å². The summed E-state index contributed by atoms with van der Waals surface area (Å²) in [6.07, 6.45) is 0. The molecule has 0 aromatic rings. The number of hydrogen-bond donors (Lipinski definition) is 2. The topological polar surface area (TPSA) is 83.6 Å². The maximum Gasteiger partial charge on any atom is 0.352 e. The Labute approximate surface area is 97.1 Å². The molecule has 2 rings (SSSR count). The first-order valence-electron chi connectivity index (χ1n) is 4.17. The van der Waals surface area contributed by atoms with Crippen molar-refractivity contribution in [3.63, 3.8) is 0 Å². The highest BCUT2D eigenvalue weighted by Crippen LogP contribution is 2.38. The second-order valence-corrected chi connectivity index (χ2v) is 4.47. The van der Waals surface area contributed by atoms with E-state index < -0.39 is 12.0 Å². The minimum atomic E-state index is -1.05. The highest BCUT2D eigenvalue weighted by molar-refractivity contribution is 8.00. The average Bonchev–Trinajstić information content (AvgIpc) is 2.15. The van der Waals surface area contributed by atoms with Crippen LogP contribution in [0, 0.1) is 0 Å². The predicted molar refractivity (Wildman–Crippen MR) is 58.7 cm³/mol. The molecule has 1 fully saturated rings. The molecule has 0 radical (unpaired) electrons. The Morgan fingerprint density at radius 2 is 2.27 bits per heavy atom. The Kier molecular flexibility index (Phi) is 3.32. The van der Waals surface area contributed by atoms with E-state index in [1.54, 1.807) is 6.92 Å². The quantitative estimate of drug-likeness (QED) is 0.641. The van der Waals surface area contributed by atoms with Gasteiger partial charge in [0.15, 0.2) is 0 Å². The summed E-state index contributed by atoms with van der Waals surface area (Å²) in [5.74, 6) is -0.712. The van der Waals surface area contributed by atoms with Gasteiger partial charge in [-0.3, -0.25) is 9.69 Å². The molecule has 3 N–H and O–H groups in total. The summed E-state index contributed by atoms with van der Waals surface area (Å²) >= 11 is 1.51. The van der Waals surface area contributed by atoms with E-state index in [-0.39, 0.29) is 29.4 Å². The monoisotopic (exact) mass is 250 g/mol. The minimum absolute atomic E-state index is 0. The number of rotatable bonds is 1. The van der Waals surface area contributed by atoms with Gasteiger partial charge in [-0.1, -0.05) is 0 Å². The van der Waals surface area contributed by atoms with E-state index in [1.807, 2.05) is 0 Å². The lowest BCUT2D eigenvalue weighted by Gasteiger charge is -2.47. The minimum Gasteiger partial charge on any atom is -0.477 e. The number of fused-ring (bicyclic) bond motifs is 1. The Morgan fingerprint density at radius 1 is 1.67 bits per heavy atom. The third-order valence-electron chi connectivity index (χ3n) is 2.40. The zero-order chi connectivity index (χ0) is 10.5. The predicted octanol–water partition coefficient (Wildman–Crippen LogP) is 0.00920. The summed E-state index contributed by atoms with van der Waals surface area (Å²) < 4.78 is 0. The van der Waals surface area contributed by atoms with E-state index in [9.17, 15) is 9.59 Å². The molecule has 1 unspecified atom stereocenters. The standard InChI is InChI=1S/C8H10N2O3S.ClH/c1-3-2-14-7-4(9)6(11)10(7)5(3)8(12)13;/h4,7H,2,9H2,1H3,(H,12,13);1H/t4?,7-;/m1./s1. The van der Waals surface area contributed by atoms with E-state index in [4.69, 9.17) is 10.8 Å². The van der Waals surface area contributed by atoms with Crippen LogP contribution < -0.4 is 5.73 Å². The highest BCUT2D eigenvalue weighted by atomic mass is 35.5. The van der Waals surface area contributed by atoms with Crippen LogP contribution in [0.5, 0.6) is 0 Å². The van der Waals surface area contributed by atoms with Crippen molar-refractivity contribution >= 4 is 36.0 Å². The van der Waals surface area contributed by atoms with Crippen LogP contribution in [0.2, 0.25) is 0 Å². The van der Waals surface area contributed by atoms with E-state index in [2.05, 4.69) is 0 Å². The molecule has 0 bridgehead atoms. The van der Waals surface area contributed by atoms with Gasteiger partial charge in [0, 0.05) is 5.75 Å². The van der Waals surface area contributed by atoms with Crippen LogP contribution >= 0.6 is 24.2 Å². The van der Waals surface area contributed by atoms with Crippen LogP contribution in [0.4, 0.5) is 0 Å². The molecule has 0 spiro atoms. The van der Waals surface area contributed by atoms with Gasteiger partial charge in [0.05, 0.1) is 0 Å². The number of halogens is 1.